The van der Waals surface area contributed by atoms with Gasteiger partial charge in [-0.3, -0.25) is 9.59 Å². The minimum absolute atomic E-state index is 0.102. The molecule has 2 rings (SSSR count). The van der Waals surface area contributed by atoms with Gasteiger partial charge in [-0.2, -0.15) is 0 Å². The molecule has 90 valence electrons. The first-order valence-corrected chi connectivity index (χ1v) is 5.35. The Morgan fingerprint density at radius 3 is 2.44 bits per heavy atom. The van der Waals surface area contributed by atoms with E-state index in [1.165, 1.54) is 25.6 Å². The Kier molecular flexibility index (Phi) is 3.43. The topological polar surface area (TPSA) is 72.0 Å². The number of nitrogens with one attached hydrogen (secondary N) is 1. The number of aromatic nitrogens is 2. The van der Waals surface area contributed by atoms with E-state index in [1.807, 2.05) is 0 Å². The van der Waals surface area contributed by atoms with Crippen LogP contribution in [0.3, 0.4) is 0 Å². The van der Waals surface area contributed by atoms with Gasteiger partial charge in [-0.25, -0.2) is 9.97 Å². The average molecular weight is 241 g/mol. The molecule has 1 aromatic heterocycles. The Morgan fingerprint density at radius 1 is 1.11 bits per heavy atom. The number of hydrogen-bond acceptors (Lipinski definition) is 4. The lowest BCUT2D eigenvalue weighted by Gasteiger charge is -2.08. The Hall–Kier alpha value is -2.56. The molecule has 0 radical (unpaired) electrons. The molecule has 18 heavy (non-hydrogen) atoms. The molecular weight excluding hydrogens is 230 g/mol. The van der Waals surface area contributed by atoms with Crippen molar-refractivity contribution in [2.24, 2.45) is 0 Å². The lowest BCUT2D eigenvalue weighted by atomic mass is 10.1. The second-order valence-electron chi connectivity index (χ2n) is 3.68. The van der Waals surface area contributed by atoms with E-state index in [9.17, 15) is 9.59 Å². The molecule has 5 nitrogen and oxygen atoms in total. The number of ketones is 1. The molecule has 1 N–H and O–H groups in total. The minimum Gasteiger partial charge on any atom is -0.321 e. The number of carbonyl (C=O) groups is 2. The number of hydrogen-bond donors (Lipinski definition) is 1. The summed E-state index contributed by atoms with van der Waals surface area (Å²) >= 11 is 0. The number of benzene rings is 1. The Bertz CT molecular complexity index is 582. The van der Waals surface area contributed by atoms with Gasteiger partial charge in [-0.05, 0) is 19.1 Å². The second-order valence-corrected chi connectivity index (χ2v) is 3.68. The van der Waals surface area contributed by atoms with E-state index < -0.39 is 0 Å². The van der Waals surface area contributed by atoms with Gasteiger partial charge in [0, 0.05) is 18.0 Å². The van der Waals surface area contributed by atoms with E-state index in [4.69, 9.17) is 0 Å². The van der Waals surface area contributed by atoms with Crippen molar-refractivity contribution in [2.75, 3.05) is 5.32 Å². The average Bonchev–Trinajstić information content (AvgIpc) is 2.40. The number of para-hydroxylation sites is 1. The van der Waals surface area contributed by atoms with Gasteiger partial charge in [-0.1, -0.05) is 12.1 Å². The summed E-state index contributed by atoms with van der Waals surface area (Å²) in [6.07, 6.45) is 4.18. The minimum atomic E-state index is -0.343. The molecule has 0 spiro atoms. The maximum atomic E-state index is 11.9. The van der Waals surface area contributed by atoms with Gasteiger partial charge in [0.05, 0.1) is 11.3 Å². The van der Waals surface area contributed by atoms with Gasteiger partial charge < -0.3 is 5.32 Å². The molecule has 0 aliphatic rings. The fourth-order valence-electron chi connectivity index (χ4n) is 1.51. The van der Waals surface area contributed by atoms with Gasteiger partial charge in [0.15, 0.2) is 5.78 Å². The van der Waals surface area contributed by atoms with Crippen molar-refractivity contribution in [3.8, 4) is 0 Å². The van der Waals surface area contributed by atoms with E-state index in [2.05, 4.69) is 15.3 Å². The molecule has 1 heterocycles. The van der Waals surface area contributed by atoms with Gasteiger partial charge in [0.1, 0.15) is 6.33 Å². The zero-order valence-corrected chi connectivity index (χ0v) is 9.75. The largest absolute Gasteiger partial charge is 0.321 e. The molecule has 0 fully saturated rings. The van der Waals surface area contributed by atoms with Gasteiger partial charge in [-0.15, -0.1) is 0 Å². The molecule has 0 atom stereocenters. The van der Waals surface area contributed by atoms with Crippen molar-refractivity contribution in [2.45, 2.75) is 6.92 Å². The van der Waals surface area contributed by atoms with Crippen LogP contribution in [0.4, 0.5) is 5.69 Å². The number of rotatable bonds is 3. The smallest absolute Gasteiger partial charge is 0.258 e. The van der Waals surface area contributed by atoms with Crippen molar-refractivity contribution >= 4 is 17.4 Å². The van der Waals surface area contributed by atoms with Gasteiger partial charge in [0.25, 0.3) is 5.91 Å². The predicted octanol–water partition coefficient (Wildman–Crippen LogP) is 1.93. The first kappa shape index (κ1) is 11.9. The molecule has 0 saturated carbocycles. The maximum Gasteiger partial charge on any atom is 0.258 e. The van der Waals surface area contributed by atoms with E-state index in [-0.39, 0.29) is 11.7 Å². The lowest BCUT2D eigenvalue weighted by Crippen LogP contribution is -2.14. The van der Waals surface area contributed by atoms with Crippen LogP contribution < -0.4 is 5.32 Å². The summed E-state index contributed by atoms with van der Waals surface area (Å²) in [4.78, 5) is 30.8. The molecule has 0 aliphatic carbocycles. The summed E-state index contributed by atoms with van der Waals surface area (Å²) in [5.41, 5.74) is 1.30. The third-order valence-electron chi connectivity index (χ3n) is 2.38. The van der Waals surface area contributed by atoms with Crippen molar-refractivity contribution in [1.29, 1.82) is 0 Å². The van der Waals surface area contributed by atoms with Crippen LogP contribution in [0.25, 0.3) is 0 Å². The number of carbonyl (C=O) groups excluding carboxylic acids is 2. The van der Waals surface area contributed by atoms with Crippen molar-refractivity contribution < 1.29 is 9.59 Å². The van der Waals surface area contributed by atoms with Crippen molar-refractivity contribution in [3.63, 3.8) is 0 Å². The highest BCUT2D eigenvalue weighted by Gasteiger charge is 2.11. The summed E-state index contributed by atoms with van der Waals surface area (Å²) in [6.45, 7) is 1.45. The maximum absolute atomic E-state index is 11.9. The van der Waals surface area contributed by atoms with Crippen molar-refractivity contribution in [1.82, 2.24) is 9.97 Å². The second kappa shape index (κ2) is 5.18. The molecule has 0 unspecified atom stereocenters. The summed E-state index contributed by atoms with van der Waals surface area (Å²) in [5.74, 6) is -0.445. The van der Waals surface area contributed by atoms with E-state index >= 15 is 0 Å². The molecule has 2 aromatic rings. The monoisotopic (exact) mass is 241 g/mol. The van der Waals surface area contributed by atoms with Crippen molar-refractivity contribution in [3.05, 3.63) is 54.1 Å². The van der Waals surface area contributed by atoms with Crippen LogP contribution in [-0.2, 0) is 0 Å². The Labute approximate surface area is 104 Å². The summed E-state index contributed by atoms with van der Waals surface area (Å²) in [6, 6.07) is 6.85. The first-order chi connectivity index (χ1) is 8.68. The number of amides is 1. The third kappa shape index (κ3) is 2.57. The predicted molar refractivity (Wildman–Crippen MR) is 66.4 cm³/mol. The van der Waals surface area contributed by atoms with Crippen LogP contribution in [0.2, 0.25) is 0 Å². The number of anilines is 1. The van der Waals surface area contributed by atoms with E-state index in [0.29, 0.717) is 16.8 Å². The third-order valence-corrected chi connectivity index (χ3v) is 2.38. The zero-order chi connectivity index (χ0) is 13.0. The van der Waals surface area contributed by atoms with Crippen LogP contribution in [-0.4, -0.2) is 21.7 Å². The van der Waals surface area contributed by atoms with Crippen LogP contribution >= 0.6 is 0 Å². The van der Waals surface area contributed by atoms with E-state index in [1.54, 1.807) is 24.3 Å². The molecule has 0 bridgehead atoms. The summed E-state index contributed by atoms with van der Waals surface area (Å²) in [7, 11) is 0. The highest BCUT2D eigenvalue weighted by atomic mass is 16.1. The van der Waals surface area contributed by atoms with Gasteiger partial charge >= 0.3 is 0 Å². The molecule has 0 aliphatic heterocycles. The Morgan fingerprint density at radius 2 is 1.78 bits per heavy atom. The molecular formula is C13H11N3O2. The summed E-state index contributed by atoms with van der Waals surface area (Å²) in [5, 5.41) is 2.67. The van der Waals surface area contributed by atoms with Crippen LogP contribution in [0.1, 0.15) is 27.6 Å². The van der Waals surface area contributed by atoms with Crippen LogP contribution in [0, 0.1) is 0 Å². The molecule has 0 saturated heterocycles. The van der Waals surface area contributed by atoms with E-state index in [0.717, 1.165) is 0 Å². The van der Waals surface area contributed by atoms with Crippen LogP contribution in [0.5, 0.6) is 0 Å². The molecule has 5 heteroatoms. The SMILES string of the molecule is CC(=O)c1ccccc1NC(=O)c1cncnc1. The number of Topliss-reactive ketones (excluding diaryl/α,β-unsaturated/α-hetero) is 1. The summed E-state index contributed by atoms with van der Waals surface area (Å²) < 4.78 is 0. The standard InChI is InChI=1S/C13H11N3O2/c1-9(17)11-4-2-3-5-12(11)16-13(18)10-6-14-8-15-7-10/h2-8H,1H3,(H,16,18). The first-order valence-electron chi connectivity index (χ1n) is 5.35. The lowest BCUT2D eigenvalue weighted by molar-refractivity contribution is 0.101. The van der Waals surface area contributed by atoms with Gasteiger partial charge in [0.2, 0.25) is 0 Å². The fraction of sp³-hybridized carbons (Fsp3) is 0.0769. The highest BCUT2D eigenvalue weighted by molar-refractivity contribution is 6.08. The quantitative estimate of drug-likeness (QED) is 0.833. The zero-order valence-electron chi connectivity index (χ0n) is 9.75. The van der Waals surface area contributed by atoms with Crippen LogP contribution in [0.15, 0.2) is 43.0 Å². The molecule has 1 aromatic carbocycles. The normalized spacial score (nSPS) is 9.83. The fourth-order valence-corrected chi connectivity index (χ4v) is 1.51. The highest BCUT2D eigenvalue weighted by Crippen LogP contribution is 2.16. The molecule has 1 amide bonds. The number of nitrogens with zero attached hydrogens (tertiary/aromatic N) is 2. The Balaban J connectivity index is 2.25.